The summed E-state index contributed by atoms with van der Waals surface area (Å²) in [6, 6.07) is 2.18. The molecule has 0 atom stereocenters. The fourth-order valence-electron chi connectivity index (χ4n) is 1.68. The second-order valence-corrected chi connectivity index (χ2v) is 5.00. The van der Waals surface area contributed by atoms with Crippen LogP contribution in [0.15, 0.2) is 18.5 Å². The van der Waals surface area contributed by atoms with E-state index in [1.54, 1.807) is 0 Å². The van der Waals surface area contributed by atoms with Crippen molar-refractivity contribution in [1.82, 2.24) is 15.6 Å². The summed E-state index contributed by atoms with van der Waals surface area (Å²) in [6.07, 6.45) is 4.99. The Morgan fingerprint density at radius 2 is 1.94 bits per heavy atom. The third-order valence-corrected chi connectivity index (χ3v) is 2.52. The van der Waals surface area contributed by atoms with Gasteiger partial charge in [-0.25, -0.2) is 0 Å². The molecule has 0 spiro atoms. The molecule has 0 saturated carbocycles. The van der Waals surface area contributed by atoms with Crippen LogP contribution in [-0.2, 0) is 6.54 Å². The number of nitrogens with one attached hydrogen (secondary N) is 2. The number of nitrogens with zero attached hydrogens (tertiary/aromatic N) is 1. The van der Waals surface area contributed by atoms with E-state index in [1.807, 2.05) is 12.4 Å². The van der Waals surface area contributed by atoms with Gasteiger partial charge in [0, 0.05) is 18.9 Å². The highest BCUT2D eigenvalue weighted by Crippen LogP contribution is 2.00. The van der Waals surface area contributed by atoms with Crippen LogP contribution >= 0.6 is 0 Å². The van der Waals surface area contributed by atoms with Crippen molar-refractivity contribution in [1.29, 1.82) is 0 Å². The van der Waals surface area contributed by atoms with Crippen LogP contribution in [0.25, 0.3) is 0 Å². The van der Waals surface area contributed by atoms with Crippen molar-refractivity contribution >= 4 is 0 Å². The topological polar surface area (TPSA) is 37.0 Å². The number of hydrogen-bond acceptors (Lipinski definition) is 3. The minimum absolute atomic E-state index is 0.737. The van der Waals surface area contributed by atoms with E-state index < -0.39 is 0 Å². The third-order valence-electron chi connectivity index (χ3n) is 2.52. The van der Waals surface area contributed by atoms with E-state index in [4.69, 9.17) is 0 Å². The predicted octanol–water partition coefficient (Wildman–Crippen LogP) is 2.12. The van der Waals surface area contributed by atoms with Gasteiger partial charge in [-0.1, -0.05) is 19.9 Å². The molecule has 3 nitrogen and oxygen atoms in total. The first kappa shape index (κ1) is 14.1. The Bertz CT molecular complexity index is 310. The van der Waals surface area contributed by atoms with Gasteiger partial charge in [0.2, 0.25) is 0 Å². The Morgan fingerprint density at radius 3 is 2.65 bits per heavy atom. The van der Waals surface area contributed by atoms with E-state index in [2.05, 4.69) is 42.5 Å². The Labute approximate surface area is 105 Å². The summed E-state index contributed by atoms with van der Waals surface area (Å²) in [4.78, 5) is 4.18. The first-order valence-electron chi connectivity index (χ1n) is 6.50. The highest BCUT2D eigenvalue weighted by atomic mass is 14.9. The Balaban J connectivity index is 2.01. The molecule has 0 unspecified atom stereocenters. The van der Waals surface area contributed by atoms with Crippen LogP contribution in [0.3, 0.4) is 0 Å². The Kier molecular flexibility index (Phi) is 6.82. The monoisotopic (exact) mass is 235 g/mol. The van der Waals surface area contributed by atoms with E-state index in [0.29, 0.717) is 0 Å². The molecule has 0 aliphatic carbocycles. The summed E-state index contributed by atoms with van der Waals surface area (Å²) in [5.74, 6) is 0.737. The second kappa shape index (κ2) is 8.20. The number of aryl methyl sites for hydroxylation is 1. The van der Waals surface area contributed by atoms with Crippen molar-refractivity contribution in [3.8, 4) is 0 Å². The molecule has 0 radical (unpaired) electrons. The van der Waals surface area contributed by atoms with Gasteiger partial charge in [-0.2, -0.15) is 0 Å². The molecule has 1 aromatic rings. The summed E-state index contributed by atoms with van der Waals surface area (Å²) in [6.45, 7) is 10.7. The van der Waals surface area contributed by atoms with E-state index in [1.165, 1.54) is 17.5 Å². The molecule has 1 rings (SSSR count). The maximum Gasteiger partial charge on any atom is 0.0313 e. The van der Waals surface area contributed by atoms with Crippen LogP contribution in [0.5, 0.6) is 0 Å². The van der Waals surface area contributed by atoms with Gasteiger partial charge in [0.1, 0.15) is 0 Å². The molecule has 1 heterocycles. The fraction of sp³-hybridized carbons (Fsp3) is 0.643. The molecule has 17 heavy (non-hydrogen) atoms. The van der Waals surface area contributed by atoms with Crippen molar-refractivity contribution in [2.24, 2.45) is 5.92 Å². The summed E-state index contributed by atoms with van der Waals surface area (Å²) in [7, 11) is 0. The minimum Gasteiger partial charge on any atom is -0.316 e. The summed E-state index contributed by atoms with van der Waals surface area (Å²) in [5.41, 5.74) is 2.49. The first-order chi connectivity index (χ1) is 8.18. The predicted molar refractivity (Wildman–Crippen MR) is 73.0 cm³/mol. The molecule has 0 saturated heterocycles. The summed E-state index contributed by atoms with van der Waals surface area (Å²) >= 11 is 0. The molecule has 0 bridgehead atoms. The average Bonchev–Trinajstić information content (AvgIpc) is 2.27. The second-order valence-electron chi connectivity index (χ2n) is 5.00. The molecular formula is C14H25N3. The maximum atomic E-state index is 4.18. The fourth-order valence-corrected chi connectivity index (χ4v) is 1.68. The lowest BCUT2D eigenvalue weighted by atomic mass is 10.2. The largest absolute Gasteiger partial charge is 0.316 e. The van der Waals surface area contributed by atoms with Crippen LogP contribution in [-0.4, -0.2) is 24.6 Å². The number of rotatable bonds is 8. The SMILES string of the molecule is Cc1cncc(CNCCCNCC(C)C)c1. The standard InChI is InChI=1S/C14H25N3/c1-12(2)8-15-5-4-6-16-10-14-7-13(3)9-17-11-14/h7,9,11-12,15-16H,4-6,8,10H2,1-3H3. The van der Waals surface area contributed by atoms with E-state index in [-0.39, 0.29) is 0 Å². The van der Waals surface area contributed by atoms with Crippen molar-refractivity contribution in [2.75, 3.05) is 19.6 Å². The van der Waals surface area contributed by atoms with E-state index in [0.717, 1.165) is 32.1 Å². The molecule has 1 aromatic heterocycles. The van der Waals surface area contributed by atoms with E-state index in [9.17, 15) is 0 Å². The zero-order chi connectivity index (χ0) is 12.5. The lowest BCUT2D eigenvalue weighted by molar-refractivity contribution is 0.530. The molecule has 3 heteroatoms. The molecule has 0 aliphatic rings. The number of aromatic nitrogens is 1. The lowest BCUT2D eigenvalue weighted by Crippen LogP contribution is -2.24. The Hall–Kier alpha value is -0.930. The van der Waals surface area contributed by atoms with Gasteiger partial charge in [-0.15, -0.1) is 0 Å². The van der Waals surface area contributed by atoms with Gasteiger partial charge in [0.15, 0.2) is 0 Å². The quantitative estimate of drug-likeness (QED) is 0.678. The van der Waals surface area contributed by atoms with Crippen LogP contribution in [0.4, 0.5) is 0 Å². The molecule has 0 aromatic carbocycles. The maximum absolute atomic E-state index is 4.18. The highest BCUT2D eigenvalue weighted by Gasteiger charge is 1.95. The Morgan fingerprint density at radius 1 is 1.18 bits per heavy atom. The lowest BCUT2D eigenvalue weighted by Gasteiger charge is -2.08. The molecule has 0 fully saturated rings. The van der Waals surface area contributed by atoms with Gasteiger partial charge in [0.05, 0.1) is 0 Å². The zero-order valence-electron chi connectivity index (χ0n) is 11.3. The van der Waals surface area contributed by atoms with Gasteiger partial charge in [-0.05, 0) is 50.0 Å². The molecular weight excluding hydrogens is 210 g/mol. The zero-order valence-corrected chi connectivity index (χ0v) is 11.3. The summed E-state index contributed by atoms with van der Waals surface area (Å²) in [5, 5.41) is 6.88. The van der Waals surface area contributed by atoms with Gasteiger partial charge in [0.25, 0.3) is 0 Å². The van der Waals surface area contributed by atoms with Crippen molar-refractivity contribution in [2.45, 2.75) is 33.7 Å². The number of hydrogen-bond donors (Lipinski definition) is 2. The highest BCUT2D eigenvalue weighted by molar-refractivity contribution is 5.16. The van der Waals surface area contributed by atoms with Crippen LogP contribution in [0.2, 0.25) is 0 Å². The minimum atomic E-state index is 0.737. The average molecular weight is 235 g/mol. The van der Waals surface area contributed by atoms with Gasteiger partial charge >= 0.3 is 0 Å². The third kappa shape index (κ3) is 7.08. The molecule has 96 valence electrons. The summed E-state index contributed by atoms with van der Waals surface area (Å²) < 4.78 is 0. The van der Waals surface area contributed by atoms with Gasteiger partial charge < -0.3 is 10.6 Å². The normalized spacial score (nSPS) is 11.1. The smallest absolute Gasteiger partial charge is 0.0313 e. The first-order valence-corrected chi connectivity index (χ1v) is 6.50. The van der Waals surface area contributed by atoms with Crippen LogP contribution < -0.4 is 10.6 Å². The number of pyridine rings is 1. The van der Waals surface area contributed by atoms with E-state index >= 15 is 0 Å². The van der Waals surface area contributed by atoms with Gasteiger partial charge in [-0.3, -0.25) is 4.98 Å². The van der Waals surface area contributed by atoms with Crippen molar-refractivity contribution in [3.05, 3.63) is 29.6 Å². The molecule has 2 N–H and O–H groups in total. The van der Waals surface area contributed by atoms with Crippen LogP contribution in [0, 0.1) is 12.8 Å². The van der Waals surface area contributed by atoms with Crippen molar-refractivity contribution in [3.63, 3.8) is 0 Å². The molecule has 0 aliphatic heterocycles. The van der Waals surface area contributed by atoms with Crippen LogP contribution in [0.1, 0.15) is 31.4 Å². The van der Waals surface area contributed by atoms with Crippen molar-refractivity contribution < 1.29 is 0 Å². The molecule has 0 amide bonds.